The molecule has 100 valence electrons. The molecule has 0 amide bonds. The van der Waals surface area contributed by atoms with E-state index in [4.69, 9.17) is 16.6 Å². The van der Waals surface area contributed by atoms with Crippen LogP contribution in [-0.2, 0) is 5.41 Å². The minimum Gasteiger partial charge on any atom is -0.262 e. The van der Waals surface area contributed by atoms with Crippen LogP contribution in [0.4, 0.5) is 0 Å². The Labute approximate surface area is 119 Å². The Kier molecular flexibility index (Phi) is 3.59. The van der Waals surface area contributed by atoms with E-state index in [0.29, 0.717) is 5.15 Å². The van der Waals surface area contributed by atoms with Gasteiger partial charge in [0, 0.05) is 28.4 Å². The molecule has 0 spiro atoms. The first-order valence-corrected chi connectivity index (χ1v) is 6.64. The first kappa shape index (κ1) is 13.9. The van der Waals surface area contributed by atoms with Crippen molar-refractivity contribution in [2.75, 3.05) is 0 Å². The highest BCUT2D eigenvalue weighted by atomic mass is 35.5. The van der Waals surface area contributed by atoms with Gasteiger partial charge in [0.2, 0.25) is 0 Å². The maximum Gasteiger partial charge on any atom is 0.136 e. The normalized spacial score (nSPS) is 11.7. The Hall–Kier alpha value is -1.48. The molecule has 0 aliphatic carbocycles. The van der Waals surface area contributed by atoms with Crippen molar-refractivity contribution in [1.82, 2.24) is 15.0 Å². The summed E-state index contributed by atoms with van der Waals surface area (Å²) in [6.45, 7) is 10.1. The van der Waals surface area contributed by atoms with Crippen LogP contribution in [0.3, 0.4) is 0 Å². The van der Waals surface area contributed by atoms with Gasteiger partial charge in [0.25, 0.3) is 0 Å². The van der Waals surface area contributed by atoms with E-state index in [0.717, 1.165) is 28.3 Å². The predicted molar refractivity (Wildman–Crippen MR) is 78.4 cm³/mol. The van der Waals surface area contributed by atoms with Gasteiger partial charge >= 0.3 is 0 Å². The van der Waals surface area contributed by atoms with Gasteiger partial charge in [-0.25, -0.2) is 9.97 Å². The summed E-state index contributed by atoms with van der Waals surface area (Å²) in [5.74, 6) is 0.757. The Morgan fingerprint density at radius 2 is 1.79 bits per heavy atom. The Bertz CT molecular complexity index is 615. The monoisotopic (exact) mass is 275 g/mol. The summed E-state index contributed by atoms with van der Waals surface area (Å²) in [6, 6.07) is 3.96. The number of nitrogens with zero attached hydrogens (tertiary/aromatic N) is 3. The Balaban J connectivity index is 2.66. The molecule has 0 saturated heterocycles. The van der Waals surface area contributed by atoms with Crippen molar-refractivity contribution in [2.24, 2.45) is 0 Å². The van der Waals surface area contributed by atoms with Crippen molar-refractivity contribution in [3.05, 3.63) is 40.6 Å². The fourth-order valence-electron chi connectivity index (χ4n) is 1.80. The molecule has 0 radical (unpaired) electrons. The van der Waals surface area contributed by atoms with E-state index in [9.17, 15) is 0 Å². The van der Waals surface area contributed by atoms with E-state index in [2.05, 4.69) is 30.7 Å². The third kappa shape index (κ3) is 2.92. The average Bonchev–Trinajstić information content (AvgIpc) is 2.31. The summed E-state index contributed by atoms with van der Waals surface area (Å²) in [4.78, 5) is 13.3. The van der Waals surface area contributed by atoms with Gasteiger partial charge in [0.15, 0.2) is 0 Å². The fourth-order valence-corrected chi connectivity index (χ4v) is 1.97. The highest BCUT2D eigenvalue weighted by Gasteiger charge is 2.21. The molecule has 19 heavy (non-hydrogen) atoms. The highest BCUT2D eigenvalue weighted by molar-refractivity contribution is 6.30. The van der Waals surface area contributed by atoms with Crippen LogP contribution in [0.5, 0.6) is 0 Å². The number of aromatic nitrogens is 3. The van der Waals surface area contributed by atoms with Crippen molar-refractivity contribution in [3.8, 4) is 11.3 Å². The maximum absolute atomic E-state index is 6.25. The van der Waals surface area contributed by atoms with Gasteiger partial charge in [-0.1, -0.05) is 32.4 Å². The molecule has 4 heteroatoms. The SMILES string of the molecule is Cc1cc(-c2nc(C(C)(C)C)nc(Cl)c2C)ccn1. The number of rotatable bonds is 1. The lowest BCUT2D eigenvalue weighted by molar-refractivity contribution is 0.545. The van der Waals surface area contributed by atoms with E-state index in [-0.39, 0.29) is 5.41 Å². The van der Waals surface area contributed by atoms with Gasteiger partial charge in [-0.05, 0) is 26.0 Å². The first-order chi connectivity index (χ1) is 8.79. The number of hydrogen-bond acceptors (Lipinski definition) is 3. The van der Waals surface area contributed by atoms with Crippen LogP contribution in [0.2, 0.25) is 5.15 Å². The summed E-state index contributed by atoms with van der Waals surface area (Å²) in [7, 11) is 0. The smallest absolute Gasteiger partial charge is 0.136 e. The van der Waals surface area contributed by atoms with Gasteiger partial charge in [-0.2, -0.15) is 0 Å². The Morgan fingerprint density at radius 1 is 1.11 bits per heavy atom. The summed E-state index contributed by atoms with van der Waals surface area (Å²) >= 11 is 6.25. The first-order valence-electron chi connectivity index (χ1n) is 6.26. The minimum absolute atomic E-state index is 0.131. The lowest BCUT2D eigenvalue weighted by Gasteiger charge is -2.19. The van der Waals surface area contributed by atoms with Gasteiger partial charge in [-0.3, -0.25) is 4.98 Å². The molecule has 0 aromatic carbocycles. The maximum atomic E-state index is 6.25. The van der Waals surface area contributed by atoms with Crippen LogP contribution < -0.4 is 0 Å². The molecule has 0 aliphatic rings. The van der Waals surface area contributed by atoms with Crippen LogP contribution in [0.25, 0.3) is 11.3 Å². The Morgan fingerprint density at radius 3 is 2.37 bits per heavy atom. The molecule has 0 bridgehead atoms. The van der Waals surface area contributed by atoms with Gasteiger partial charge in [0.05, 0.1) is 5.69 Å². The number of halogens is 1. The second-order valence-electron chi connectivity index (χ2n) is 5.75. The molecule has 0 aliphatic heterocycles. The topological polar surface area (TPSA) is 38.7 Å². The quantitative estimate of drug-likeness (QED) is 0.735. The molecule has 2 heterocycles. The van der Waals surface area contributed by atoms with Crippen molar-refractivity contribution >= 4 is 11.6 Å². The molecule has 0 saturated carbocycles. The van der Waals surface area contributed by atoms with Crippen molar-refractivity contribution in [1.29, 1.82) is 0 Å². The van der Waals surface area contributed by atoms with E-state index < -0.39 is 0 Å². The average molecular weight is 276 g/mol. The van der Waals surface area contributed by atoms with E-state index in [1.807, 2.05) is 26.0 Å². The molecular weight excluding hydrogens is 258 g/mol. The lowest BCUT2D eigenvalue weighted by Crippen LogP contribution is -2.17. The fraction of sp³-hybridized carbons (Fsp3) is 0.400. The van der Waals surface area contributed by atoms with Crippen molar-refractivity contribution < 1.29 is 0 Å². The van der Waals surface area contributed by atoms with Crippen molar-refractivity contribution in [3.63, 3.8) is 0 Å². The van der Waals surface area contributed by atoms with E-state index in [1.54, 1.807) is 6.20 Å². The summed E-state index contributed by atoms with van der Waals surface area (Å²) in [5.41, 5.74) is 3.65. The number of pyridine rings is 1. The van der Waals surface area contributed by atoms with E-state index in [1.165, 1.54) is 0 Å². The molecule has 0 unspecified atom stereocenters. The van der Waals surface area contributed by atoms with Gasteiger partial charge in [-0.15, -0.1) is 0 Å². The second kappa shape index (κ2) is 4.89. The third-order valence-corrected chi connectivity index (χ3v) is 3.30. The van der Waals surface area contributed by atoms with Crippen LogP contribution in [0, 0.1) is 13.8 Å². The third-order valence-electron chi connectivity index (χ3n) is 2.93. The molecule has 0 N–H and O–H groups in total. The molecule has 2 rings (SSSR count). The van der Waals surface area contributed by atoms with E-state index >= 15 is 0 Å². The molecule has 2 aromatic rings. The molecule has 3 nitrogen and oxygen atoms in total. The minimum atomic E-state index is -0.131. The zero-order chi connectivity index (χ0) is 14.2. The van der Waals surface area contributed by atoms with Crippen LogP contribution in [-0.4, -0.2) is 15.0 Å². The van der Waals surface area contributed by atoms with Crippen LogP contribution in [0.15, 0.2) is 18.3 Å². The second-order valence-corrected chi connectivity index (χ2v) is 6.11. The zero-order valence-electron chi connectivity index (χ0n) is 12.0. The van der Waals surface area contributed by atoms with Crippen LogP contribution >= 0.6 is 11.6 Å². The lowest BCUT2D eigenvalue weighted by atomic mass is 9.95. The summed E-state index contributed by atoms with van der Waals surface area (Å²) in [5, 5.41) is 0.518. The summed E-state index contributed by atoms with van der Waals surface area (Å²) in [6.07, 6.45) is 1.79. The molecular formula is C15H18ClN3. The standard InChI is InChI=1S/C15H18ClN3/c1-9-8-11(6-7-17-9)12-10(2)13(16)19-14(18-12)15(3,4)5/h6-8H,1-5H3. The highest BCUT2D eigenvalue weighted by Crippen LogP contribution is 2.29. The van der Waals surface area contributed by atoms with Crippen LogP contribution in [0.1, 0.15) is 37.9 Å². The molecule has 0 fully saturated rings. The number of aryl methyl sites for hydroxylation is 1. The van der Waals surface area contributed by atoms with Gasteiger partial charge in [0.1, 0.15) is 11.0 Å². The van der Waals surface area contributed by atoms with Gasteiger partial charge < -0.3 is 0 Å². The predicted octanol–water partition coefficient (Wildman–Crippen LogP) is 4.11. The van der Waals surface area contributed by atoms with Crippen molar-refractivity contribution in [2.45, 2.75) is 40.0 Å². The number of hydrogen-bond donors (Lipinski definition) is 0. The molecule has 2 aromatic heterocycles. The molecule has 0 atom stereocenters. The zero-order valence-corrected chi connectivity index (χ0v) is 12.7. The largest absolute Gasteiger partial charge is 0.262 e. The summed E-state index contributed by atoms with van der Waals surface area (Å²) < 4.78 is 0.